The molecule has 18 heavy (non-hydrogen) atoms. The van der Waals surface area contributed by atoms with Crippen LogP contribution in [0.25, 0.3) is 21.0 Å². The Labute approximate surface area is 106 Å². The first-order valence-corrected chi connectivity index (χ1v) is 5.97. The minimum absolute atomic E-state index is 0.233. The number of carbonyl (C=O) groups is 1. The Hall–Kier alpha value is -2.34. The van der Waals surface area contributed by atoms with E-state index in [9.17, 15) is 4.79 Å². The predicted molar refractivity (Wildman–Crippen MR) is 67.6 cm³/mol. The highest BCUT2D eigenvalue weighted by Gasteiger charge is 2.15. The maximum atomic E-state index is 11.2. The van der Waals surface area contributed by atoms with Gasteiger partial charge in [-0.25, -0.2) is 19.7 Å². The third-order valence-electron chi connectivity index (χ3n) is 2.44. The summed E-state index contributed by atoms with van der Waals surface area (Å²) < 4.78 is 0. The molecule has 0 spiro atoms. The van der Waals surface area contributed by atoms with Crippen molar-refractivity contribution >= 4 is 27.8 Å². The second-order valence-corrected chi connectivity index (χ2v) is 4.53. The standard InChI is InChI=1S/C12H7N3O2S/c16-12(17)8-4-2-1-3-7(8)10-15-9-11(18-10)14-6-5-13-9/h1-6H,(H,16,17). The molecule has 0 atom stereocenters. The van der Waals surface area contributed by atoms with Crippen molar-refractivity contribution in [1.29, 1.82) is 0 Å². The summed E-state index contributed by atoms with van der Waals surface area (Å²) in [5.41, 5.74) is 1.36. The summed E-state index contributed by atoms with van der Waals surface area (Å²) >= 11 is 1.33. The fraction of sp³-hybridized carbons (Fsp3) is 0. The van der Waals surface area contributed by atoms with Gasteiger partial charge in [-0.05, 0) is 6.07 Å². The SMILES string of the molecule is O=C(O)c1ccccc1-c1nc2nccnc2s1. The summed E-state index contributed by atoms with van der Waals surface area (Å²) in [5.74, 6) is -0.967. The minimum atomic E-state index is -0.967. The van der Waals surface area contributed by atoms with Gasteiger partial charge in [-0.2, -0.15) is 0 Å². The average molecular weight is 257 g/mol. The van der Waals surface area contributed by atoms with Crippen LogP contribution in [0.3, 0.4) is 0 Å². The molecular weight excluding hydrogens is 250 g/mol. The molecule has 0 unspecified atom stereocenters. The topological polar surface area (TPSA) is 76.0 Å². The number of nitrogens with zero attached hydrogens (tertiary/aromatic N) is 3. The molecule has 2 aromatic heterocycles. The average Bonchev–Trinajstić information content (AvgIpc) is 2.82. The number of hydrogen-bond donors (Lipinski definition) is 1. The normalized spacial score (nSPS) is 10.7. The van der Waals surface area contributed by atoms with E-state index < -0.39 is 5.97 Å². The Morgan fingerprint density at radius 2 is 1.94 bits per heavy atom. The van der Waals surface area contributed by atoms with E-state index in [1.165, 1.54) is 11.3 Å². The molecule has 0 fully saturated rings. The van der Waals surface area contributed by atoms with Crippen molar-refractivity contribution in [2.24, 2.45) is 0 Å². The predicted octanol–water partition coefficient (Wildman–Crippen LogP) is 2.45. The van der Waals surface area contributed by atoms with E-state index in [2.05, 4.69) is 15.0 Å². The molecule has 1 aromatic carbocycles. The largest absolute Gasteiger partial charge is 0.478 e. The molecule has 1 N–H and O–H groups in total. The number of carboxylic acids is 1. The second-order valence-electron chi connectivity index (χ2n) is 3.55. The van der Waals surface area contributed by atoms with Crippen LogP contribution in [-0.4, -0.2) is 26.0 Å². The summed E-state index contributed by atoms with van der Waals surface area (Å²) in [6, 6.07) is 6.78. The van der Waals surface area contributed by atoms with Gasteiger partial charge in [-0.15, -0.1) is 0 Å². The van der Waals surface area contributed by atoms with Crippen LogP contribution < -0.4 is 0 Å². The lowest BCUT2D eigenvalue weighted by atomic mass is 10.1. The molecule has 0 aliphatic heterocycles. The highest BCUT2D eigenvalue weighted by atomic mass is 32.1. The Balaban J connectivity index is 2.23. The third-order valence-corrected chi connectivity index (χ3v) is 3.42. The Kier molecular flexibility index (Phi) is 2.49. The Bertz CT molecular complexity index is 706. The number of aromatic carboxylic acids is 1. The molecule has 0 saturated heterocycles. The van der Waals surface area contributed by atoms with Gasteiger partial charge in [0, 0.05) is 18.0 Å². The van der Waals surface area contributed by atoms with Gasteiger partial charge in [0.15, 0.2) is 10.5 Å². The summed E-state index contributed by atoms with van der Waals surface area (Å²) in [4.78, 5) is 24.4. The lowest BCUT2D eigenvalue weighted by Crippen LogP contribution is -1.98. The molecular formula is C12H7N3O2S. The molecule has 88 valence electrons. The van der Waals surface area contributed by atoms with Crippen LogP contribution in [0.15, 0.2) is 36.7 Å². The fourth-order valence-electron chi connectivity index (χ4n) is 1.65. The van der Waals surface area contributed by atoms with Gasteiger partial charge in [0.05, 0.1) is 5.56 Å². The van der Waals surface area contributed by atoms with Crippen LogP contribution in [0.4, 0.5) is 0 Å². The maximum Gasteiger partial charge on any atom is 0.336 e. The molecule has 2 heterocycles. The Morgan fingerprint density at radius 3 is 2.72 bits per heavy atom. The van der Waals surface area contributed by atoms with Crippen molar-refractivity contribution in [3.05, 3.63) is 42.2 Å². The van der Waals surface area contributed by atoms with Crippen LogP contribution in [0.5, 0.6) is 0 Å². The van der Waals surface area contributed by atoms with Crippen LogP contribution in [0, 0.1) is 0 Å². The van der Waals surface area contributed by atoms with Crippen molar-refractivity contribution in [2.75, 3.05) is 0 Å². The molecule has 0 amide bonds. The van der Waals surface area contributed by atoms with Gasteiger partial charge >= 0.3 is 5.97 Å². The van der Waals surface area contributed by atoms with E-state index in [0.717, 1.165) is 0 Å². The van der Waals surface area contributed by atoms with Gasteiger partial charge in [0.1, 0.15) is 5.01 Å². The molecule has 0 radical (unpaired) electrons. The van der Waals surface area contributed by atoms with E-state index >= 15 is 0 Å². The van der Waals surface area contributed by atoms with Crippen molar-refractivity contribution in [2.45, 2.75) is 0 Å². The van der Waals surface area contributed by atoms with Crippen molar-refractivity contribution in [3.63, 3.8) is 0 Å². The molecule has 0 aliphatic rings. The van der Waals surface area contributed by atoms with Gasteiger partial charge < -0.3 is 5.11 Å². The number of carboxylic acid groups (broad SMARTS) is 1. The molecule has 5 nitrogen and oxygen atoms in total. The minimum Gasteiger partial charge on any atom is -0.478 e. The summed E-state index contributed by atoms with van der Waals surface area (Å²) in [6.07, 6.45) is 3.16. The lowest BCUT2D eigenvalue weighted by molar-refractivity contribution is 0.0697. The number of fused-ring (bicyclic) bond motifs is 1. The van der Waals surface area contributed by atoms with Gasteiger partial charge in [0.2, 0.25) is 0 Å². The first-order chi connectivity index (χ1) is 8.75. The molecule has 3 aromatic rings. The second kappa shape index (κ2) is 4.15. The van der Waals surface area contributed by atoms with Crippen LogP contribution in [0.1, 0.15) is 10.4 Å². The zero-order valence-corrected chi connectivity index (χ0v) is 9.89. The maximum absolute atomic E-state index is 11.2. The summed E-state index contributed by atoms with van der Waals surface area (Å²) in [7, 11) is 0. The number of rotatable bonds is 2. The van der Waals surface area contributed by atoms with Crippen molar-refractivity contribution in [3.8, 4) is 10.6 Å². The summed E-state index contributed by atoms with van der Waals surface area (Å²) in [5, 5.41) is 9.77. The van der Waals surface area contributed by atoms with E-state index in [0.29, 0.717) is 21.0 Å². The van der Waals surface area contributed by atoms with Gasteiger partial charge in [-0.3, -0.25) is 0 Å². The fourth-order valence-corrected chi connectivity index (χ4v) is 2.55. The number of thiazole rings is 1. The van der Waals surface area contributed by atoms with Crippen molar-refractivity contribution in [1.82, 2.24) is 15.0 Å². The first kappa shape index (κ1) is 10.8. The first-order valence-electron chi connectivity index (χ1n) is 5.16. The van der Waals surface area contributed by atoms with Gasteiger partial charge in [-0.1, -0.05) is 29.5 Å². The highest BCUT2D eigenvalue weighted by molar-refractivity contribution is 7.21. The van der Waals surface area contributed by atoms with Crippen LogP contribution >= 0.6 is 11.3 Å². The number of hydrogen-bond acceptors (Lipinski definition) is 5. The molecule has 0 bridgehead atoms. The van der Waals surface area contributed by atoms with E-state index in [1.54, 1.807) is 36.7 Å². The molecule has 3 rings (SSSR count). The lowest BCUT2D eigenvalue weighted by Gasteiger charge is -2.00. The van der Waals surface area contributed by atoms with Crippen LogP contribution in [-0.2, 0) is 0 Å². The van der Waals surface area contributed by atoms with E-state index in [1.807, 2.05) is 0 Å². The van der Waals surface area contributed by atoms with E-state index in [-0.39, 0.29) is 5.56 Å². The highest BCUT2D eigenvalue weighted by Crippen LogP contribution is 2.30. The number of benzene rings is 1. The van der Waals surface area contributed by atoms with E-state index in [4.69, 9.17) is 5.11 Å². The van der Waals surface area contributed by atoms with Crippen molar-refractivity contribution < 1.29 is 9.90 Å². The smallest absolute Gasteiger partial charge is 0.336 e. The van der Waals surface area contributed by atoms with Crippen LogP contribution in [0.2, 0.25) is 0 Å². The third kappa shape index (κ3) is 1.72. The molecule has 0 saturated carbocycles. The monoisotopic (exact) mass is 257 g/mol. The Morgan fingerprint density at radius 1 is 1.17 bits per heavy atom. The number of aromatic nitrogens is 3. The molecule has 0 aliphatic carbocycles. The summed E-state index contributed by atoms with van der Waals surface area (Å²) in [6.45, 7) is 0. The zero-order chi connectivity index (χ0) is 12.5. The molecule has 6 heteroatoms. The quantitative estimate of drug-likeness (QED) is 0.763. The zero-order valence-electron chi connectivity index (χ0n) is 9.07. The van der Waals surface area contributed by atoms with Gasteiger partial charge in [0.25, 0.3) is 0 Å².